The highest BCUT2D eigenvalue weighted by atomic mass is 32.1. The molecule has 3 heterocycles. The molecule has 2 aromatic heterocycles. The first-order chi connectivity index (χ1) is 13.0. The Morgan fingerprint density at radius 3 is 2.89 bits per heavy atom. The third kappa shape index (κ3) is 3.62. The fourth-order valence-corrected chi connectivity index (χ4v) is 4.12. The zero-order chi connectivity index (χ0) is 19.0. The van der Waals surface area contributed by atoms with Crippen LogP contribution in [-0.2, 0) is 0 Å². The topological polar surface area (TPSA) is 61.9 Å². The molecule has 27 heavy (non-hydrogen) atoms. The normalized spacial score (nSPS) is 17.3. The lowest BCUT2D eigenvalue weighted by atomic mass is 9.94. The van der Waals surface area contributed by atoms with Gasteiger partial charge in [-0.2, -0.15) is 5.10 Å². The Bertz CT molecular complexity index is 984. The molecule has 1 aliphatic rings. The van der Waals surface area contributed by atoms with E-state index >= 15 is 0 Å². The number of hydrogen-bond donors (Lipinski definition) is 1. The van der Waals surface area contributed by atoms with Crippen molar-refractivity contribution in [3.8, 4) is 10.6 Å². The highest BCUT2D eigenvalue weighted by molar-refractivity contribution is 7.15. The molecule has 4 rings (SSSR count). The number of nitrogens with one attached hydrogen (secondary N) is 1. The molecule has 5 nitrogen and oxygen atoms in total. The molecule has 0 aliphatic carbocycles. The smallest absolute Gasteiger partial charge is 0.253 e. The number of aromatic nitrogens is 3. The number of nitrogens with zero attached hydrogens (tertiary/aromatic N) is 3. The number of halogens is 2. The van der Waals surface area contributed by atoms with Gasteiger partial charge < -0.3 is 4.90 Å². The predicted molar refractivity (Wildman–Crippen MR) is 98.7 cm³/mol. The van der Waals surface area contributed by atoms with E-state index in [9.17, 15) is 13.6 Å². The van der Waals surface area contributed by atoms with Crippen LogP contribution in [0.4, 0.5) is 8.78 Å². The Hall–Kier alpha value is -2.61. The van der Waals surface area contributed by atoms with Gasteiger partial charge in [-0.05, 0) is 44.0 Å². The lowest BCUT2D eigenvalue weighted by Gasteiger charge is -2.32. The van der Waals surface area contributed by atoms with E-state index < -0.39 is 11.6 Å². The van der Waals surface area contributed by atoms with E-state index in [0.717, 1.165) is 46.2 Å². The fraction of sp³-hybridized carbons (Fsp3) is 0.316. The Morgan fingerprint density at radius 2 is 2.15 bits per heavy atom. The van der Waals surface area contributed by atoms with Crippen molar-refractivity contribution < 1.29 is 13.6 Å². The number of aromatic amines is 1. The van der Waals surface area contributed by atoms with Gasteiger partial charge in [-0.25, -0.2) is 13.8 Å². The molecule has 0 spiro atoms. The van der Waals surface area contributed by atoms with E-state index in [0.29, 0.717) is 13.1 Å². The summed E-state index contributed by atoms with van der Waals surface area (Å²) in [6.45, 7) is 3.06. The molecule has 1 fully saturated rings. The highest BCUT2D eigenvalue weighted by Gasteiger charge is 2.27. The summed E-state index contributed by atoms with van der Waals surface area (Å²) in [6.07, 6.45) is 3.58. The zero-order valence-corrected chi connectivity index (χ0v) is 15.5. The maximum atomic E-state index is 13.5. The second-order valence-electron chi connectivity index (χ2n) is 6.67. The van der Waals surface area contributed by atoms with Crippen LogP contribution in [0, 0.1) is 18.6 Å². The Kier molecular flexibility index (Phi) is 4.73. The van der Waals surface area contributed by atoms with Crippen molar-refractivity contribution in [2.24, 2.45) is 0 Å². The van der Waals surface area contributed by atoms with Crippen molar-refractivity contribution >= 4 is 17.2 Å². The third-order valence-electron chi connectivity index (χ3n) is 4.79. The number of aryl methyl sites for hydroxylation is 1. The molecule has 3 aromatic rings. The van der Waals surface area contributed by atoms with Gasteiger partial charge >= 0.3 is 0 Å². The minimum Gasteiger partial charge on any atom is -0.338 e. The first kappa shape index (κ1) is 17.8. The maximum absolute atomic E-state index is 13.5. The molecule has 1 saturated heterocycles. The molecule has 8 heteroatoms. The van der Waals surface area contributed by atoms with Crippen LogP contribution in [-0.4, -0.2) is 39.1 Å². The number of benzene rings is 1. The van der Waals surface area contributed by atoms with E-state index in [-0.39, 0.29) is 17.4 Å². The number of hydrogen-bond acceptors (Lipinski definition) is 4. The van der Waals surface area contributed by atoms with E-state index in [2.05, 4.69) is 15.2 Å². The van der Waals surface area contributed by atoms with Crippen LogP contribution in [0.15, 0.2) is 30.5 Å². The van der Waals surface area contributed by atoms with Crippen molar-refractivity contribution in [1.29, 1.82) is 0 Å². The van der Waals surface area contributed by atoms with Gasteiger partial charge in [0.15, 0.2) is 11.6 Å². The van der Waals surface area contributed by atoms with Crippen LogP contribution < -0.4 is 0 Å². The van der Waals surface area contributed by atoms with E-state index in [1.807, 2.05) is 13.0 Å². The maximum Gasteiger partial charge on any atom is 0.253 e. The minimum absolute atomic E-state index is 0.128. The number of rotatable bonds is 3. The summed E-state index contributed by atoms with van der Waals surface area (Å²) >= 11 is 1.58. The van der Waals surface area contributed by atoms with Gasteiger partial charge in [-0.15, -0.1) is 11.3 Å². The quantitative estimate of drug-likeness (QED) is 0.734. The van der Waals surface area contributed by atoms with Crippen molar-refractivity contribution in [3.05, 3.63) is 58.4 Å². The van der Waals surface area contributed by atoms with Gasteiger partial charge in [0, 0.05) is 36.5 Å². The van der Waals surface area contributed by atoms with Crippen molar-refractivity contribution in [2.45, 2.75) is 25.7 Å². The summed E-state index contributed by atoms with van der Waals surface area (Å²) in [5.41, 5.74) is 1.98. The molecule has 1 aromatic carbocycles. The summed E-state index contributed by atoms with van der Waals surface area (Å²) < 4.78 is 26.6. The molecule has 0 saturated carbocycles. The standard InChI is InChI=1S/C19H18F2N4OS/c1-11-22-9-18(27-11)17-8-16(23-24-17)13-3-2-6-25(10-13)19(26)12-4-5-14(20)15(21)7-12/h4-5,7-9,13H,2-3,6,10H2,1H3,(H,23,24)/t13-/m0/s1. The summed E-state index contributed by atoms with van der Waals surface area (Å²) in [4.78, 5) is 19.6. The van der Waals surface area contributed by atoms with Gasteiger partial charge in [0.25, 0.3) is 5.91 Å². The van der Waals surface area contributed by atoms with E-state index in [4.69, 9.17) is 0 Å². The lowest BCUT2D eigenvalue weighted by molar-refractivity contribution is 0.0705. The second-order valence-corrected chi connectivity index (χ2v) is 7.91. The highest BCUT2D eigenvalue weighted by Crippen LogP contribution is 2.31. The zero-order valence-electron chi connectivity index (χ0n) is 14.7. The van der Waals surface area contributed by atoms with Crippen LogP contribution in [0.25, 0.3) is 10.6 Å². The van der Waals surface area contributed by atoms with Gasteiger partial charge in [-0.3, -0.25) is 9.89 Å². The van der Waals surface area contributed by atoms with Crippen LogP contribution in [0.2, 0.25) is 0 Å². The van der Waals surface area contributed by atoms with Crippen molar-refractivity contribution in [3.63, 3.8) is 0 Å². The second kappa shape index (κ2) is 7.19. The Labute approximate surface area is 159 Å². The van der Waals surface area contributed by atoms with E-state index in [1.165, 1.54) is 6.07 Å². The van der Waals surface area contributed by atoms with E-state index in [1.54, 1.807) is 22.4 Å². The number of amides is 1. The van der Waals surface area contributed by atoms with Gasteiger partial charge in [-0.1, -0.05) is 0 Å². The summed E-state index contributed by atoms with van der Waals surface area (Å²) in [6, 6.07) is 5.28. The van der Waals surface area contributed by atoms with Crippen LogP contribution in [0.3, 0.4) is 0 Å². The molecule has 140 valence electrons. The lowest BCUT2D eigenvalue weighted by Crippen LogP contribution is -2.39. The fourth-order valence-electron chi connectivity index (χ4n) is 3.38. The molecule has 1 N–H and O–H groups in total. The van der Waals surface area contributed by atoms with Gasteiger partial charge in [0.1, 0.15) is 5.69 Å². The molecule has 1 atom stereocenters. The predicted octanol–water partition coefficient (Wildman–Crippen LogP) is 4.14. The number of thiazole rings is 1. The summed E-state index contributed by atoms with van der Waals surface area (Å²) in [5, 5.41) is 8.44. The Balaban J connectivity index is 1.50. The largest absolute Gasteiger partial charge is 0.338 e. The average Bonchev–Trinajstić information content (AvgIpc) is 3.32. The Morgan fingerprint density at radius 1 is 1.30 bits per heavy atom. The molecular formula is C19H18F2N4OS. The summed E-state index contributed by atoms with van der Waals surface area (Å²) in [7, 11) is 0. The molecule has 1 aliphatic heterocycles. The third-order valence-corrected chi connectivity index (χ3v) is 5.72. The first-order valence-corrected chi connectivity index (χ1v) is 9.55. The van der Waals surface area contributed by atoms with Crippen LogP contribution in [0.5, 0.6) is 0 Å². The monoisotopic (exact) mass is 388 g/mol. The molecule has 0 radical (unpaired) electrons. The average molecular weight is 388 g/mol. The van der Waals surface area contributed by atoms with Crippen molar-refractivity contribution in [2.75, 3.05) is 13.1 Å². The van der Waals surface area contributed by atoms with Gasteiger partial charge in [0.05, 0.1) is 9.88 Å². The summed E-state index contributed by atoms with van der Waals surface area (Å²) in [5.74, 6) is -2.11. The molecule has 0 bridgehead atoms. The van der Waals surface area contributed by atoms with Crippen LogP contribution >= 0.6 is 11.3 Å². The van der Waals surface area contributed by atoms with Gasteiger partial charge in [0.2, 0.25) is 0 Å². The van der Waals surface area contributed by atoms with Crippen LogP contribution in [0.1, 0.15) is 39.8 Å². The minimum atomic E-state index is -1.01. The van der Waals surface area contributed by atoms with Crippen molar-refractivity contribution in [1.82, 2.24) is 20.1 Å². The molecule has 0 unspecified atom stereocenters. The molecular weight excluding hydrogens is 370 g/mol. The first-order valence-electron chi connectivity index (χ1n) is 8.73. The number of carbonyl (C=O) groups excluding carboxylic acids is 1. The number of piperidine rings is 1. The number of carbonyl (C=O) groups is 1. The number of H-pyrrole nitrogens is 1. The molecule has 1 amide bonds. The number of likely N-dealkylation sites (tertiary alicyclic amines) is 1. The SMILES string of the molecule is Cc1ncc(-c2cc([C@H]3CCCN(C(=O)c4ccc(F)c(F)c4)C3)[nH]n2)s1.